The van der Waals surface area contributed by atoms with Crippen LogP contribution in [0, 0.1) is 6.92 Å². The van der Waals surface area contributed by atoms with E-state index in [1.807, 2.05) is 0 Å². The van der Waals surface area contributed by atoms with E-state index in [0.717, 1.165) is 6.54 Å². The van der Waals surface area contributed by atoms with Crippen molar-refractivity contribution in [2.24, 2.45) is 0 Å². The van der Waals surface area contributed by atoms with E-state index in [2.05, 4.69) is 54.8 Å². The number of para-hydroxylation sites is 1. The first-order valence-corrected chi connectivity index (χ1v) is 6.21. The smallest absolute Gasteiger partial charge is 0.196 e. The van der Waals surface area contributed by atoms with E-state index in [1.165, 1.54) is 35.9 Å². The molecule has 16 heavy (non-hydrogen) atoms. The van der Waals surface area contributed by atoms with Gasteiger partial charge in [0.15, 0.2) is 5.69 Å². The molecule has 0 saturated carbocycles. The van der Waals surface area contributed by atoms with E-state index >= 15 is 0 Å². The number of pyridine rings is 1. The van der Waals surface area contributed by atoms with Crippen LogP contribution in [0.2, 0.25) is 0 Å². The summed E-state index contributed by atoms with van der Waals surface area (Å²) in [4.78, 5) is 0. The van der Waals surface area contributed by atoms with Crippen LogP contribution in [0.25, 0.3) is 10.9 Å². The molecule has 0 amide bonds. The molecule has 0 radical (unpaired) electrons. The van der Waals surface area contributed by atoms with E-state index in [9.17, 15) is 0 Å². The van der Waals surface area contributed by atoms with Crippen molar-refractivity contribution in [1.82, 2.24) is 0 Å². The minimum Gasteiger partial charge on any atom is -0.196 e. The van der Waals surface area contributed by atoms with Crippen molar-refractivity contribution in [1.29, 1.82) is 0 Å². The highest BCUT2D eigenvalue weighted by Gasteiger charge is 2.10. The second-order valence-corrected chi connectivity index (χ2v) is 4.39. The fourth-order valence-corrected chi connectivity index (χ4v) is 2.18. The van der Waals surface area contributed by atoms with Crippen LogP contribution in [0.1, 0.15) is 31.9 Å². The number of rotatable bonds is 4. The highest BCUT2D eigenvalue weighted by Crippen LogP contribution is 2.10. The number of benzene rings is 1. The number of fused-ring (bicyclic) bond motifs is 1. The lowest BCUT2D eigenvalue weighted by Gasteiger charge is -2.04. The number of aromatic nitrogens is 1. The van der Waals surface area contributed by atoms with E-state index in [1.54, 1.807) is 0 Å². The number of nitrogens with zero attached hydrogens (tertiary/aromatic N) is 1. The van der Waals surface area contributed by atoms with Gasteiger partial charge in [-0.1, -0.05) is 25.5 Å². The largest absolute Gasteiger partial charge is 0.212 e. The molecule has 1 nitrogen and oxygen atoms in total. The fourth-order valence-electron chi connectivity index (χ4n) is 2.18. The highest BCUT2D eigenvalue weighted by molar-refractivity contribution is 5.75. The Balaban J connectivity index is 2.37. The summed E-state index contributed by atoms with van der Waals surface area (Å²) < 4.78 is 2.44. The molecule has 0 aliphatic rings. The predicted octanol–water partition coefficient (Wildman–Crippen LogP) is 3.63. The van der Waals surface area contributed by atoms with Crippen molar-refractivity contribution in [2.75, 3.05) is 0 Å². The van der Waals surface area contributed by atoms with Gasteiger partial charge in [-0.2, -0.15) is 4.57 Å². The Kier molecular flexibility index (Phi) is 3.55. The Bertz CT molecular complexity index is 474. The van der Waals surface area contributed by atoms with E-state index in [4.69, 9.17) is 0 Å². The Morgan fingerprint density at radius 2 is 1.81 bits per heavy atom. The van der Waals surface area contributed by atoms with Gasteiger partial charge >= 0.3 is 0 Å². The van der Waals surface area contributed by atoms with Gasteiger partial charge in [0, 0.05) is 30.9 Å². The normalized spacial score (nSPS) is 10.9. The van der Waals surface area contributed by atoms with Crippen LogP contribution in [-0.2, 0) is 6.54 Å². The highest BCUT2D eigenvalue weighted by atomic mass is 15.0. The molecule has 0 unspecified atom stereocenters. The van der Waals surface area contributed by atoms with Crippen LogP contribution in [0.3, 0.4) is 0 Å². The van der Waals surface area contributed by atoms with Crippen molar-refractivity contribution in [3.05, 3.63) is 42.1 Å². The van der Waals surface area contributed by atoms with E-state index < -0.39 is 0 Å². The molecule has 84 valence electrons. The third-order valence-electron chi connectivity index (χ3n) is 3.14. The molecule has 0 N–H and O–H groups in total. The van der Waals surface area contributed by atoms with Gasteiger partial charge in [-0.15, -0.1) is 0 Å². The molecular formula is C15H20N+. The second-order valence-electron chi connectivity index (χ2n) is 4.39. The van der Waals surface area contributed by atoms with Gasteiger partial charge in [-0.3, -0.25) is 0 Å². The van der Waals surface area contributed by atoms with Gasteiger partial charge in [0.1, 0.15) is 6.54 Å². The lowest BCUT2D eigenvalue weighted by molar-refractivity contribution is -0.677. The molecule has 0 fully saturated rings. The van der Waals surface area contributed by atoms with Crippen molar-refractivity contribution < 1.29 is 4.57 Å². The lowest BCUT2D eigenvalue weighted by atomic mass is 10.1. The summed E-state index contributed by atoms with van der Waals surface area (Å²) >= 11 is 0. The Hall–Kier alpha value is -1.37. The summed E-state index contributed by atoms with van der Waals surface area (Å²) in [5.41, 5.74) is 2.72. The first-order valence-electron chi connectivity index (χ1n) is 6.21. The average Bonchev–Trinajstić information content (AvgIpc) is 2.32. The number of aryl methyl sites for hydroxylation is 2. The van der Waals surface area contributed by atoms with Crippen LogP contribution < -0.4 is 4.57 Å². The summed E-state index contributed by atoms with van der Waals surface area (Å²) in [6.45, 7) is 5.58. The molecule has 0 aliphatic heterocycles. The van der Waals surface area contributed by atoms with Gasteiger partial charge in [-0.05, 0) is 18.6 Å². The maximum atomic E-state index is 2.44. The minimum atomic E-state index is 1.14. The van der Waals surface area contributed by atoms with Crippen LogP contribution >= 0.6 is 0 Å². The van der Waals surface area contributed by atoms with Gasteiger partial charge < -0.3 is 0 Å². The summed E-state index contributed by atoms with van der Waals surface area (Å²) in [5.74, 6) is 0. The molecule has 0 spiro atoms. The van der Waals surface area contributed by atoms with E-state index in [0.29, 0.717) is 0 Å². The maximum Gasteiger partial charge on any atom is 0.212 e. The lowest BCUT2D eigenvalue weighted by Crippen LogP contribution is -2.37. The monoisotopic (exact) mass is 214 g/mol. The van der Waals surface area contributed by atoms with Crippen LogP contribution in [0.4, 0.5) is 0 Å². The molecular weight excluding hydrogens is 194 g/mol. The van der Waals surface area contributed by atoms with Crippen LogP contribution in [0.15, 0.2) is 36.4 Å². The quantitative estimate of drug-likeness (QED) is 0.540. The molecule has 0 aliphatic carbocycles. The van der Waals surface area contributed by atoms with Crippen molar-refractivity contribution in [3.63, 3.8) is 0 Å². The summed E-state index contributed by atoms with van der Waals surface area (Å²) in [6, 6.07) is 13.1. The molecule has 0 saturated heterocycles. The molecule has 2 rings (SSSR count). The zero-order valence-electron chi connectivity index (χ0n) is 10.2. The molecule has 1 heterocycles. The molecule has 1 aromatic carbocycles. The van der Waals surface area contributed by atoms with Crippen LogP contribution in [-0.4, -0.2) is 0 Å². The summed E-state index contributed by atoms with van der Waals surface area (Å²) in [7, 11) is 0. The Labute approximate surface area is 97.7 Å². The molecule has 1 heteroatoms. The minimum absolute atomic E-state index is 1.14. The average molecular weight is 214 g/mol. The number of hydrogen-bond donors (Lipinski definition) is 0. The first-order chi connectivity index (χ1) is 7.83. The third kappa shape index (κ3) is 2.24. The van der Waals surface area contributed by atoms with Crippen molar-refractivity contribution in [3.8, 4) is 0 Å². The van der Waals surface area contributed by atoms with Gasteiger partial charge in [0.2, 0.25) is 5.52 Å². The molecule has 0 atom stereocenters. The number of unbranched alkanes of at least 4 members (excludes halogenated alkanes) is 2. The molecule has 2 aromatic rings. The summed E-state index contributed by atoms with van der Waals surface area (Å²) in [5, 5.41) is 1.34. The zero-order valence-corrected chi connectivity index (χ0v) is 10.2. The molecule has 0 bridgehead atoms. The topological polar surface area (TPSA) is 3.88 Å². The first kappa shape index (κ1) is 11.1. The van der Waals surface area contributed by atoms with Gasteiger partial charge in [0.25, 0.3) is 0 Å². The summed E-state index contributed by atoms with van der Waals surface area (Å²) in [6.07, 6.45) is 3.87. The predicted molar refractivity (Wildman–Crippen MR) is 68.4 cm³/mol. The SMILES string of the molecule is CCCCC[n+]1c(C)ccc2ccccc21. The van der Waals surface area contributed by atoms with Crippen molar-refractivity contribution >= 4 is 10.9 Å². The van der Waals surface area contributed by atoms with Crippen LogP contribution in [0.5, 0.6) is 0 Å². The van der Waals surface area contributed by atoms with Gasteiger partial charge in [0.05, 0.1) is 0 Å². The Morgan fingerprint density at radius 1 is 1.00 bits per heavy atom. The van der Waals surface area contributed by atoms with E-state index in [-0.39, 0.29) is 0 Å². The Morgan fingerprint density at radius 3 is 2.62 bits per heavy atom. The standard InChI is InChI=1S/C15H20N/c1-3-4-7-12-16-13(2)10-11-14-8-5-6-9-15(14)16/h5-6,8-11H,3-4,7,12H2,1-2H3/q+1. The molecule has 1 aromatic heterocycles. The maximum absolute atomic E-state index is 2.44. The third-order valence-corrected chi connectivity index (χ3v) is 3.14. The second kappa shape index (κ2) is 5.11. The zero-order chi connectivity index (χ0) is 11.4. The van der Waals surface area contributed by atoms with Crippen molar-refractivity contribution in [2.45, 2.75) is 39.7 Å². The number of hydrogen-bond acceptors (Lipinski definition) is 0. The fraction of sp³-hybridized carbons (Fsp3) is 0.400. The van der Waals surface area contributed by atoms with Gasteiger partial charge in [-0.25, -0.2) is 0 Å².